The summed E-state index contributed by atoms with van der Waals surface area (Å²) in [6.45, 7) is 3.26. The average molecular weight is 269 g/mol. The number of hydrogen-bond donors (Lipinski definition) is 1. The highest BCUT2D eigenvalue weighted by Crippen LogP contribution is 2.40. The first kappa shape index (κ1) is 13.4. The third-order valence-electron chi connectivity index (χ3n) is 4.21. The van der Waals surface area contributed by atoms with Gasteiger partial charge in [0.1, 0.15) is 0 Å². The van der Waals surface area contributed by atoms with Gasteiger partial charge in [-0.15, -0.1) is 0 Å². The van der Waals surface area contributed by atoms with Gasteiger partial charge in [0, 0.05) is 13.2 Å². The number of aryl methyl sites for hydroxylation is 1. The van der Waals surface area contributed by atoms with Crippen LogP contribution in [0.4, 0.5) is 0 Å². The minimum absolute atomic E-state index is 0.370. The summed E-state index contributed by atoms with van der Waals surface area (Å²) in [6, 6.07) is 11.3. The van der Waals surface area contributed by atoms with Crippen molar-refractivity contribution in [1.29, 1.82) is 0 Å². The molecule has 1 aliphatic carbocycles. The third kappa shape index (κ3) is 2.63. The van der Waals surface area contributed by atoms with Gasteiger partial charge < -0.3 is 5.32 Å². The van der Waals surface area contributed by atoms with Crippen LogP contribution < -0.4 is 5.32 Å². The minimum atomic E-state index is 0.370. The molecule has 3 heteroatoms. The molecular formula is C17H23N3. The summed E-state index contributed by atoms with van der Waals surface area (Å²) in [5.41, 5.74) is 4.23. The van der Waals surface area contributed by atoms with E-state index < -0.39 is 0 Å². The minimum Gasteiger partial charge on any atom is -0.309 e. The van der Waals surface area contributed by atoms with Gasteiger partial charge in [-0.25, -0.2) is 0 Å². The van der Waals surface area contributed by atoms with Crippen LogP contribution in [0.5, 0.6) is 0 Å². The number of benzene rings is 1. The van der Waals surface area contributed by atoms with E-state index in [1.807, 2.05) is 17.9 Å². The summed E-state index contributed by atoms with van der Waals surface area (Å²) < 4.78 is 1.89. The van der Waals surface area contributed by atoms with Crippen molar-refractivity contribution in [3.63, 3.8) is 0 Å². The van der Waals surface area contributed by atoms with Crippen LogP contribution in [0.25, 0.3) is 0 Å². The average Bonchev–Trinajstić information content (AvgIpc) is 2.86. The third-order valence-corrected chi connectivity index (χ3v) is 4.21. The fraction of sp³-hybridized carbons (Fsp3) is 0.471. The van der Waals surface area contributed by atoms with Crippen LogP contribution in [0.3, 0.4) is 0 Å². The number of fused-ring (bicyclic) bond motifs is 1. The van der Waals surface area contributed by atoms with Crippen molar-refractivity contribution in [2.75, 3.05) is 6.54 Å². The van der Waals surface area contributed by atoms with Gasteiger partial charge in [0.25, 0.3) is 0 Å². The highest BCUT2D eigenvalue weighted by molar-refractivity contribution is 5.40. The largest absolute Gasteiger partial charge is 0.309 e. The number of rotatable bonds is 6. The summed E-state index contributed by atoms with van der Waals surface area (Å²) in [5.74, 6) is 0.683. The van der Waals surface area contributed by atoms with E-state index in [-0.39, 0.29) is 0 Å². The molecule has 0 fully saturated rings. The van der Waals surface area contributed by atoms with Gasteiger partial charge in [0.15, 0.2) is 0 Å². The number of nitrogens with one attached hydrogen (secondary N) is 1. The monoisotopic (exact) mass is 269 g/mol. The number of hydrogen-bond acceptors (Lipinski definition) is 2. The smallest absolute Gasteiger partial charge is 0.0794 e. The molecule has 0 amide bonds. The molecule has 2 unspecified atom stereocenters. The molecule has 0 radical (unpaired) electrons. The highest BCUT2D eigenvalue weighted by atomic mass is 15.3. The number of aromatic nitrogens is 2. The van der Waals surface area contributed by atoms with E-state index in [0.29, 0.717) is 12.0 Å². The molecular weight excluding hydrogens is 246 g/mol. The molecule has 1 aromatic carbocycles. The number of nitrogens with zero attached hydrogens (tertiary/aromatic N) is 2. The quantitative estimate of drug-likeness (QED) is 0.873. The highest BCUT2D eigenvalue weighted by Gasteiger charge is 2.29. The molecule has 0 bridgehead atoms. The van der Waals surface area contributed by atoms with Gasteiger partial charge in [-0.2, -0.15) is 5.10 Å². The zero-order valence-corrected chi connectivity index (χ0v) is 12.3. The van der Waals surface area contributed by atoms with Gasteiger partial charge in [0.2, 0.25) is 0 Å². The predicted molar refractivity (Wildman–Crippen MR) is 81.7 cm³/mol. The summed E-state index contributed by atoms with van der Waals surface area (Å²) in [4.78, 5) is 0. The molecule has 2 atom stereocenters. The molecule has 0 aliphatic heterocycles. The first-order valence-electron chi connectivity index (χ1n) is 7.58. The predicted octanol–water partition coefficient (Wildman–Crippen LogP) is 3.19. The van der Waals surface area contributed by atoms with E-state index in [0.717, 1.165) is 19.4 Å². The van der Waals surface area contributed by atoms with Crippen molar-refractivity contribution in [3.05, 3.63) is 53.3 Å². The zero-order valence-electron chi connectivity index (χ0n) is 12.3. The first-order chi connectivity index (χ1) is 9.78. The van der Waals surface area contributed by atoms with Gasteiger partial charge in [-0.3, -0.25) is 4.68 Å². The zero-order chi connectivity index (χ0) is 13.9. The Labute approximate surface area is 121 Å². The maximum absolute atomic E-state index is 4.59. The van der Waals surface area contributed by atoms with Crippen molar-refractivity contribution in [2.24, 2.45) is 7.05 Å². The van der Waals surface area contributed by atoms with E-state index in [2.05, 4.69) is 47.7 Å². The first-order valence-corrected chi connectivity index (χ1v) is 7.58. The molecule has 20 heavy (non-hydrogen) atoms. The molecule has 106 valence electrons. The molecule has 3 rings (SSSR count). The second kappa shape index (κ2) is 5.80. The Morgan fingerprint density at radius 3 is 2.90 bits per heavy atom. The molecule has 1 aromatic heterocycles. The van der Waals surface area contributed by atoms with Gasteiger partial charge in [0.05, 0.1) is 11.7 Å². The van der Waals surface area contributed by atoms with Gasteiger partial charge in [-0.1, -0.05) is 31.2 Å². The maximum atomic E-state index is 4.59. The topological polar surface area (TPSA) is 29.9 Å². The summed E-state index contributed by atoms with van der Waals surface area (Å²) in [6.07, 6.45) is 5.55. The Kier molecular flexibility index (Phi) is 3.88. The molecule has 0 spiro atoms. The Hall–Kier alpha value is -1.61. The SMILES string of the molecule is CCCNC(CC1Cc2ccccc21)c1ccn(C)n1. The lowest BCUT2D eigenvalue weighted by Crippen LogP contribution is -2.28. The van der Waals surface area contributed by atoms with E-state index in [1.165, 1.54) is 23.2 Å². The van der Waals surface area contributed by atoms with Crippen molar-refractivity contribution < 1.29 is 0 Å². The van der Waals surface area contributed by atoms with Gasteiger partial charge >= 0.3 is 0 Å². The van der Waals surface area contributed by atoms with Crippen LogP contribution >= 0.6 is 0 Å². The molecule has 1 aliphatic rings. The van der Waals surface area contributed by atoms with Crippen LogP contribution in [0.2, 0.25) is 0 Å². The second-order valence-electron chi connectivity index (χ2n) is 5.76. The van der Waals surface area contributed by atoms with E-state index in [1.54, 1.807) is 0 Å². The summed E-state index contributed by atoms with van der Waals surface area (Å²) in [5, 5.41) is 8.24. The normalized spacial score (nSPS) is 18.4. The van der Waals surface area contributed by atoms with Crippen LogP contribution in [-0.2, 0) is 13.5 Å². The van der Waals surface area contributed by atoms with E-state index in [4.69, 9.17) is 0 Å². The Morgan fingerprint density at radius 2 is 2.20 bits per heavy atom. The second-order valence-corrected chi connectivity index (χ2v) is 5.76. The lowest BCUT2D eigenvalue weighted by atomic mass is 9.74. The van der Waals surface area contributed by atoms with E-state index >= 15 is 0 Å². The van der Waals surface area contributed by atoms with E-state index in [9.17, 15) is 0 Å². The summed E-state index contributed by atoms with van der Waals surface area (Å²) in [7, 11) is 1.99. The fourth-order valence-corrected chi connectivity index (χ4v) is 3.10. The maximum Gasteiger partial charge on any atom is 0.0794 e. The fourth-order valence-electron chi connectivity index (χ4n) is 3.10. The molecule has 0 saturated heterocycles. The van der Waals surface area contributed by atoms with Crippen molar-refractivity contribution in [2.45, 2.75) is 38.1 Å². The standard InChI is InChI=1S/C17H23N3/c1-3-9-18-17(16-8-10-20(2)19-16)12-14-11-13-6-4-5-7-15(13)14/h4-8,10,14,17-18H,3,9,11-12H2,1-2H3. The van der Waals surface area contributed by atoms with Gasteiger partial charge in [-0.05, 0) is 48.9 Å². The Bertz CT molecular complexity index is 573. The van der Waals surface area contributed by atoms with Crippen LogP contribution in [0, 0.1) is 0 Å². The molecule has 1 N–H and O–H groups in total. The Morgan fingerprint density at radius 1 is 1.35 bits per heavy atom. The molecule has 3 nitrogen and oxygen atoms in total. The lowest BCUT2D eigenvalue weighted by Gasteiger charge is -2.33. The molecule has 0 saturated carbocycles. The van der Waals surface area contributed by atoms with Crippen LogP contribution in [-0.4, -0.2) is 16.3 Å². The van der Waals surface area contributed by atoms with Crippen LogP contribution in [0.15, 0.2) is 36.5 Å². The lowest BCUT2D eigenvalue weighted by molar-refractivity contribution is 0.418. The van der Waals surface area contributed by atoms with Crippen LogP contribution in [0.1, 0.15) is 48.5 Å². The van der Waals surface area contributed by atoms with Crippen molar-refractivity contribution in [1.82, 2.24) is 15.1 Å². The molecule has 2 aromatic rings. The Balaban J connectivity index is 1.71. The summed E-state index contributed by atoms with van der Waals surface area (Å²) >= 11 is 0. The van der Waals surface area contributed by atoms with Crippen molar-refractivity contribution >= 4 is 0 Å². The van der Waals surface area contributed by atoms with Crippen molar-refractivity contribution in [3.8, 4) is 0 Å². The molecule has 1 heterocycles.